The van der Waals surface area contributed by atoms with Gasteiger partial charge in [0.2, 0.25) is 0 Å². The van der Waals surface area contributed by atoms with Crippen LogP contribution in [0.1, 0.15) is 11.1 Å². The van der Waals surface area contributed by atoms with Crippen molar-refractivity contribution in [3.8, 4) is 11.5 Å². The van der Waals surface area contributed by atoms with Crippen molar-refractivity contribution in [2.45, 2.75) is 6.61 Å². The average Bonchev–Trinajstić information content (AvgIpc) is 2.79. The van der Waals surface area contributed by atoms with Crippen LogP contribution in [-0.4, -0.2) is 25.1 Å². The molecule has 0 unspecified atom stereocenters. The SMILES string of the molecule is COc1ccc(NC(=O)C(=O)N/N=C\c2ccc(OCc3ccccc3)cc2)cc1. The Labute approximate surface area is 174 Å². The molecule has 0 aliphatic heterocycles. The fraction of sp³-hybridized carbons (Fsp3) is 0.0870. The second kappa shape index (κ2) is 10.4. The number of carbonyl (C=O) groups is 2. The minimum atomic E-state index is -0.870. The van der Waals surface area contributed by atoms with Crippen LogP contribution in [0.4, 0.5) is 5.69 Å². The number of amides is 2. The van der Waals surface area contributed by atoms with E-state index in [1.807, 2.05) is 42.5 Å². The molecule has 3 rings (SSSR count). The van der Waals surface area contributed by atoms with E-state index in [-0.39, 0.29) is 0 Å². The van der Waals surface area contributed by atoms with Gasteiger partial charge in [0.25, 0.3) is 0 Å². The molecule has 0 aliphatic rings. The van der Waals surface area contributed by atoms with Crippen molar-refractivity contribution in [1.82, 2.24) is 5.43 Å². The van der Waals surface area contributed by atoms with Crippen LogP contribution >= 0.6 is 0 Å². The first kappa shape index (κ1) is 20.6. The molecule has 30 heavy (non-hydrogen) atoms. The van der Waals surface area contributed by atoms with Gasteiger partial charge < -0.3 is 14.8 Å². The predicted molar refractivity (Wildman–Crippen MR) is 115 cm³/mol. The molecule has 0 radical (unpaired) electrons. The summed E-state index contributed by atoms with van der Waals surface area (Å²) in [5.41, 5.74) is 4.51. The molecule has 0 saturated carbocycles. The first-order valence-corrected chi connectivity index (χ1v) is 9.19. The second-order valence-electron chi connectivity index (χ2n) is 6.23. The molecule has 7 nitrogen and oxygen atoms in total. The third-order valence-corrected chi connectivity index (χ3v) is 4.06. The number of nitrogens with zero attached hydrogens (tertiary/aromatic N) is 1. The quantitative estimate of drug-likeness (QED) is 0.360. The Hall–Kier alpha value is -4.13. The lowest BCUT2D eigenvalue weighted by Crippen LogP contribution is -2.32. The largest absolute Gasteiger partial charge is 0.497 e. The summed E-state index contributed by atoms with van der Waals surface area (Å²) in [4.78, 5) is 23.8. The van der Waals surface area contributed by atoms with Crippen LogP contribution in [-0.2, 0) is 16.2 Å². The number of nitrogens with one attached hydrogen (secondary N) is 2. The van der Waals surface area contributed by atoms with Crippen LogP contribution in [0.5, 0.6) is 11.5 Å². The van der Waals surface area contributed by atoms with Crippen LogP contribution < -0.4 is 20.2 Å². The van der Waals surface area contributed by atoms with E-state index in [2.05, 4.69) is 15.8 Å². The molecule has 3 aromatic carbocycles. The summed E-state index contributed by atoms with van der Waals surface area (Å²) in [6, 6.07) is 23.7. The van der Waals surface area contributed by atoms with Crippen molar-refractivity contribution < 1.29 is 19.1 Å². The Bertz CT molecular complexity index is 1000. The minimum absolute atomic E-state index is 0.478. The molecular weight excluding hydrogens is 382 g/mol. The number of benzene rings is 3. The molecule has 152 valence electrons. The van der Waals surface area contributed by atoms with Crippen LogP contribution in [0.15, 0.2) is 84.0 Å². The van der Waals surface area contributed by atoms with Crippen molar-refractivity contribution in [1.29, 1.82) is 0 Å². The van der Waals surface area contributed by atoms with Crippen LogP contribution in [0.3, 0.4) is 0 Å². The lowest BCUT2D eigenvalue weighted by atomic mass is 10.2. The number of ether oxygens (including phenoxy) is 2. The lowest BCUT2D eigenvalue weighted by Gasteiger charge is -2.06. The van der Waals surface area contributed by atoms with E-state index in [0.717, 1.165) is 16.9 Å². The standard InChI is InChI=1S/C23H21N3O4/c1-29-20-13-9-19(10-14-20)25-22(27)23(28)26-24-15-17-7-11-21(12-8-17)30-16-18-5-3-2-4-6-18/h2-15H,16H2,1H3,(H,25,27)(H,26,28)/b24-15-. The molecule has 0 saturated heterocycles. The fourth-order valence-corrected chi connectivity index (χ4v) is 2.47. The van der Waals surface area contributed by atoms with E-state index >= 15 is 0 Å². The highest BCUT2D eigenvalue weighted by atomic mass is 16.5. The first-order valence-electron chi connectivity index (χ1n) is 9.19. The average molecular weight is 403 g/mol. The molecular formula is C23H21N3O4. The van der Waals surface area contributed by atoms with Gasteiger partial charge in [-0.05, 0) is 59.7 Å². The molecule has 2 N–H and O–H groups in total. The molecule has 0 fully saturated rings. The maximum atomic E-state index is 11.9. The molecule has 0 heterocycles. The van der Waals surface area contributed by atoms with E-state index < -0.39 is 11.8 Å². The predicted octanol–water partition coefficient (Wildman–Crippen LogP) is 3.36. The highest BCUT2D eigenvalue weighted by molar-refractivity contribution is 6.39. The molecule has 7 heteroatoms. The van der Waals surface area contributed by atoms with Crippen molar-refractivity contribution in [2.24, 2.45) is 5.10 Å². The van der Waals surface area contributed by atoms with Gasteiger partial charge in [-0.25, -0.2) is 5.43 Å². The summed E-state index contributed by atoms with van der Waals surface area (Å²) >= 11 is 0. The Morgan fingerprint density at radius 3 is 2.20 bits per heavy atom. The van der Waals surface area contributed by atoms with Crippen LogP contribution in [0.25, 0.3) is 0 Å². The maximum absolute atomic E-state index is 11.9. The number of hydrogen-bond donors (Lipinski definition) is 2. The Morgan fingerprint density at radius 2 is 1.53 bits per heavy atom. The number of hydrogen-bond acceptors (Lipinski definition) is 5. The van der Waals surface area contributed by atoms with Crippen LogP contribution in [0.2, 0.25) is 0 Å². The summed E-state index contributed by atoms with van der Waals surface area (Å²) in [6.45, 7) is 0.480. The Kier molecular flexibility index (Phi) is 7.16. The van der Waals surface area contributed by atoms with Gasteiger partial charge in [0.1, 0.15) is 18.1 Å². The number of hydrazone groups is 1. The lowest BCUT2D eigenvalue weighted by molar-refractivity contribution is -0.136. The van der Waals surface area contributed by atoms with Gasteiger partial charge >= 0.3 is 11.8 Å². The molecule has 0 spiro atoms. The van der Waals surface area contributed by atoms with Crippen molar-refractivity contribution >= 4 is 23.7 Å². The van der Waals surface area contributed by atoms with Gasteiger partial charge in [0, 0.05) is 5.69 Å². The van der Waals surface area contributed by atoms with E-state index in [0.29, 0.717) is 18.0 Å². The molecule has 3 aromatic rings. The Morgan fingerprint density at radius 1 is 0.867 bits per heavy atom. The van der Waals surface area contributed by atoms with Gasteiger partial charge in [0.15, 0.2) is 0 Å². The fourth-order valence-electron chi connectivity index (χ4n) is 2.47. The summed E-state index contributed by atoms with van der Waals surface area (Å²) in [5, 5.41) is 6.29. The van der Waals surface area contributed by atoms with E-state index in [1.54, 1.807) is 43.5 Å². The van der Waals surface area contributed by atoms with Gasteiger partial charge in [-0.3, -0.25) is 9.59 Å². The molecule has 0 atom stereocenters. The molecule has 0 aliphatic carbocycles. The zero-order valence-electron chi connectivity index (χ0n) is 16.4. The third kappa shape index (κ3) is 6.20. The highest BCUT2D eigenvalue weighted by Gasteiger charge is 2.12. The van der Waals surface area contributed by atoms with E-state index in [9.17, 15) is 9.59 Å². The number of anilines is 1. The summed E-state index contributed by atoms with van der Waals surface area (Å²) in [6.07, 6.45) is 1.44. The number of methoxy groups -OCH3 is 1. The summed E-state index contributed by atoms with van der Waals surface area (Å²) in [7, 11) is 1.55. The van der Waals surface area contributed by atoms with E-state index in [4.69, 9.17) is 9.47 Å². The number of carbonyl (C=O) groups excluding carboxylic acids is 2. The second-order valence-corrected chi connectivity index (χ2v) is 6.23. The normalized spacial score (nSPS) is 10.4. The zero-order valence-corrected chi connectivity index (χ0v) is 16.4. The first-order chi connectivity index (χ1) is 14.6. The molecule has 0 aromatic heterocycles. The Balaban J connectivity index is 1.45. The number of rotatable bonds is 7. The maximum Gasteiger partial charge on any atom is 0.329 e. The molecule has 0 bridgehead atoms. The van der Waals surface area contributed by atoms with Crippen molar-refractivity contribution in [3.63, 3.8) is 0 Å². The van der Waals surface area contributed by atoms with Crippen molar-refractivity contribution in [2.75, 3.05) is 12.4 Å². The van der Waals surface area contributed by atoms with Crippen molar-refractivity contribution in [3.05, 3.63) is 90.0 Å². The highest BCUT2D eigenvalue weighted by Crippen LogP contribution is 2.15. The summed E-state index contributed by atoms with van der Waals surface area (Å²) in [5.74, 6) is -0.315. The van der Waals surface area contributed by atoms with Gasteiger partial charge in [-0.2, -0.15) is 5.10 Å². The van der Waals surface area contributed by atoms with Crippen LogP contribution in [0, 0.1) is 0 Å². The van der Waals surface area contributed by atoms with Gasteiger partial charge in [-0.15, -0.1) is 0 Å². The van der Waals surface area contributed by atoms with E-state index in [1.165, 1.54) is 6.21 Å². The zero-order chi connectivity index (χ0) is 21.2. The topological polar surface area (TPSA) is 89.0 Å². The van der Waals surface area contributed by atoms with Gasteiger partial charge in [0.05, 0.1) is 13.3 Å². The monoisotopic (exact) mass is 403 g/mol. The molecule has 2 amide bonds. The minimum Gasteiger partial charge on any atom is -0.497 e. The van der Waals surface area contributed by atoms with Gasteiger partial charge in [-0.1, -0.05) is 30.3 Å². The third-order valence-electron chi connectivity index (χ3n) is 4.06. The summed E-state index contributed by atoms with van der Waals surface area (Å²) < 4.78 is 10.8. The smallest absolute Gasteiger partial charge is 0.329 e.